The Bertz CT molecular complexity index is 1300. The predicted octanol–water partition coefficient (Wildman–Crippen LogP) is 0.927. The van der Waals surface area contributed by atoms with Gasteiger partial charge in [0.05, 0.1) is 23.8 Å². The molecule has 4 rings (SSSR count). The molecule has 1 aliphatic heterocycles. The topological polar surface area (TPSA) is 141 Å². The fraction of sp³-hybridized carbons (Fsp3) is 0.368. The van der Waals surface area contributed by atoms with Crippen molar-refractivity contribution in [3.8, 4) is 0 Å². The van der Waals surface area contributed by atoms with Gasteiger partial charge in [0.1, 0.15) is 4.90 Å². The van der Waals surface area contributed by atoms with Crippen LogP contribution >= 0.6 is 0 Å². The van der Waals surface area contributed by atoms with Gasteiger partial charge in [-0.05, 0) is 24.6 Å². The van der Waals surface area contributed by atoms with Gasteiger partial charge in [0, 0.05) is 44.5 Å². The molecule has 0 radical (unpaired) electrons. The lowest BCUT2D eigenvalue weighted by atomic mass is 10.2. The molecule has 0 atom stereocenters. The Morgan fingerprint density at radius 1 is 1.19 bits per heavy atom. The molecular weight excluding hydrogens is 440 g/mol. The Morgan fingerprint density at radius 2 is 1.97 bits per heavy atom. The lowest BCUT2D eigenvalue weighted by Gasteiger charge is -2.27. The highest BCUT2D eigenvalue weighted by molar-refractivity contribution is 7.89. The summed E-state index contributed by atoms with van der Waals surface area (Å²) in [7, 11) is -3.95. The van der Waals surface area contributed by atoms with Gasteiger partial charge in [-0.15, -0.1) is 5.10 Å². The van der Waals surface area contributed by atoms with E-state index in [1.165, 1.54) is 25.5 Å². The van der Waals surface area contributed by atoms with Gasteiger partial charge in [0.15, 0.2) is 5.65 Å². The number of nitro benzene ring substituents is 1. The Morgan fingerprint density at radius 3 is 2.69 bits per heavy atom. The van der Waals surface area contributed by atoms with Crippen LogP contribution in [0.15, 0.2) is 52.3 Å². The fourth-order valence-electron chi connectivity index (χ4n) is 3.48. The molecule has 1 N–H and O–H groups in total. The summed E-state index contributed by atoms with van der Waals surface area (Å²) >= 11 is 0. The zero-order chi connectivity index (χ0) is 22.7. The van der Waals surface area contributed by atoms with Gasteiger partial charge in [0.25, 0.3) is 5.69 Å². The molecular formula is C19H22N6O6S. The third-order valence-corrected chi connectivity index (χ3v) is 7.05. The van der Waals surface area contributed by atoms with Crippen molar-refractivity contribution in [1.29, 1.82) is 0 Å². The molecule has 1 fully saturated rings. The van der Waals surface area contributed by atoms with Gasteiger partial charge in [-0.3, -0.25) is 14.5 Å². The van der Waals surface area contributed by atoms with Crippen LogP contribution in [0.2, 0.25) is 0 Å². The van der Waals surface area contributed by atoms with Crippen LogP contribution in [-0.4, -0.2) is 64.7 Å². The number of morpholine rings is 1. The molecule has 0 aliphatic carbocycles. The summed E-state index contributed by atoms with van der Waals surface area (Å²) in [6.45, 7) is 1.56. The molecule has 1 aliphatic rings. The lowest BCUT2D eigenvalue weighted by Crippen LogP contribution is -2.40. The highest BCUT2D eigenvalue weighted by Gasteiger charge is 2.30. The van der Waals surface area contributed by atoms with Crippen molar-refractivity contribution in [1.82, 2.24) is 18.5 Å². The van der Waals surface area contributed by atoms with E-state index in [1.54, 1.807) is 24.4 Å². The van der Waals surface area contributed by atoms with Crippen molar-refractivity contribution >= 4 is 27.0 Å². The summed E-state index contributed by atoms with van der Waals surface area (Å²) in [5.41, 5.74) is 0.245. The number of sulfonamides is 1. The molecule has 170 valence electrons. The maximum absolute atomic E-state index is 13.1. The summed E-state index contributed by atoms with van der Waals surface area (Å²) in [6, 6.07) is 8.98. The minimum atomic E-state index is -3.95. The second-order valence-electron chi connectivity index (χ2n) is 7.17. The molecule has 32 heavy (non-hydrogen) atoms. The zero-order valence-corrected chi connectivity index (χ0v) is 17.9. The molecule has 12 nitrogen and oxygen atoms in total. The molecule has 0 amide bonds. The smallest absolute Gasteiger partial charge is 0.350 e. The van der Waals surface area contributed by atoms with Gasteiger partial charge in [-0.2, -0.15) is 4.31 Å². The molecule has 0 spiro atoms. The number of rotatable bonds is 8. The van der Waals surface area contributed by atoms with Crippen molar-refractivity contribution in [2.24, 2.45) is 0 Å². The monoisotopic (exact) mass is 462 g/mol. The van der Waals surface area contributed by atoms with E-state index in [0.717, 1.165) is 6.07 Å². The number of anilines is 1. The van der Waals surface area contributed by atoms with Crippen LogP contribution in [-0.2, 0) is 21.3 Å². The predicted molar refractivity (Wildman–Crippen MR) is 115 cm³/mol. The number of non-ortho nitro benzene ring substituents is 1. The maximum atomic E-state index is 13.1. The van der Waals surface area contributed by atoms with E-state index in [4.69, 9.17) is 4.74 Å². The summed E-state index contributed by atoms with van der Waals surface area (Å²) in [4.78, 5) is 22.8. The fourth-order valence-corrected chi connectivity index (χ4v) is 5.07. The van der Waals surface area contributed by atoms with Crippen molar-refractivity contribution in [2.45, 2.75) is 17.9 Å². The van der Waals surface area contributed by atoms with E-state index in [-0.39, 0.29) is 48.3 Å². The molecule has 3 aromatic rings. The number of aryl methyl sites for hydroxylation is 1. The van der Waals surface area contributed by atoms with Crippen LogP contribution in [0.4, 0.5) is 11.4 Å². The number of pyridine rings is 1. The number of benzene rings is 1. The van der Waals surface area contributed by atoms with Crippen LogP contribution in [0, 0.1) is 10.1 Å². The maximum Gasteiger partial charge on any atom is 0.350 e. The second kappa shape index (κ2) is 9.06. The van der Waals surface area contributed by atoms with Crippen molar-refractivity contribution in [2.75, 3.05) is 38.2 Å². The minimum absolute atomic E-state index is 0.154. The summed E-state index contributed by atoms with van der Waals surface area (Å²) in [6.07, 6.45) is 2.12. The normalized spacial score (nSPS) is 15.1. The molecule has 3 heterocycles. The van der Waals surface area contributed by atoms with Crippen molar-refractivity contribution < 1.29 is 18.1 Å². The first kappa shape index (κ1) is 21.9. The summed E-state index contributed by atoms with van der Waals surface area (Å²) < 4.78 is 35.5. The van der Waals surface area contributed by atoms with Crippen molar-refractivity contribution in [3.05, 3.63) is 63.2 Å². The lowest BCUT2D eigenvalue weighted by molar-refractivity contribution is -0.385. The van der Waals surface area contributed by atoms with E-state index in [0.29, 0.717) is 25.2 Å². The Balaban J connectivity index is 1.50. The largest absolute Gasteiger partial charge is 0.384 e. The third kappa shape index (κ3) is 4.35. The quantitative estimate of drug-likeness (QED) is 0.296. The van der Waals surface area contributed by atoms with Crippen LogP contribution < -0.4 is 11.0 Å². The molecule has 2 aromatic heterocycles. The molecule has 1 saturated heterocycles. The number of nitrogens with zero attached hydrogens (tertiary/aromatic N) is 5. The van der Waals surface area contributed by atoms with E-state index in [1.807, 2.05) is 0 Å². The second-order valence-corrected chi connectivity index (χ2v) is 9.08. The Hall–Kier alpha value is -3.29. The van der Waals surface area contributed by atoms with Crippen LogP contribution in [0.1, 0.15) is 6.42 Å². The number of nitrogens with one attached hydrogen (secondary N) is 1. The van der Waals surface area contributed by atoms with Gasteiger partial charge < -0.3 is 10.1 Å². The average molecular weight is 462 g/mol. The number of ether oxygens (including phenoxy) is 1. The first-order chi connectivity index (χ1) is 15.4. The number of nitro groups is 1. The first-order valence-corrected chi connectivity index (χ1v) is 11.5. The highest BCUT2D eigenvalue weighted by atomic mass is 32.2. The number of fused-ring (bicyclic) bond motifs is 1. The van der Waals surface area contributed by atoms with Gasteiger partial charge >= 0.3 is 5.69 Å². The van der Waals surface area contributed by atoms with Crippen molar-refractivity contribution in [3.63, 3.8) is 0 Å². The highest BCUT2D eigenvalue weighted by Crippen LogP contribution is 2.29. The summed E-state index contributed by atoms with van der Waals surface area (Å²) in [5, 5.41) is 18.5. The minimum Gasteiger partial charge on any atom is -0.384 e. The van der Waals surface area contributed by atoms with Crippen LogP contribution in [0.25, 0.3) is 5.65 Å². The molecule has 0 saturated carbocycles. The number of aromatic nitrogens is 3. The summed E-state index contributed by atoms with van der Waals surface area (Å²) in [5.74, 6) is 0. The van der Waals surface area contributed by atoms with Gasteiger partial charge in [-0.25, -0.2) is 17.9 Å². The Labute approximate surface area is 183 Å². The first-order valence-electron chi connectivity index (χ1n) is 10.0. The molecule has 1 aromatic carbocycles. The molecule has 0 unspecified atom stereocenters. The molecule has 0 bridgehead atoms. The third-order valence-electron chi connectivity index (χ3n) is 5.11. The van der Waals surface area contributed by atoms with E-state index < -0.39 is 14.9 Å². The van der Waals surface area contributed by atoms with E-state index >= 15 is 0 Å². The van der Waals surface area contributed by atoms with Gasteiger partial charge in [-0.1, -0.05) is 6.07 Å². The molecule has 13 heteroatoms. The average Bonchev–Trinajstić information content (AvgIpc) is 3.13. The van der Waals surface area contributed by atoms with E-state index in [2.05, 4.69) is 10.4 Å². The SMILES string of the molecule is O=c1n(CCCNc2ccc([N+](=O)[O-])cc2S(=O)(=O)N2CCOCC2)nc2ccccn12. The number of hydrogen-bond acceptors (Lipinski definition) is 8. The van der Waals surface area contributed by atoms with Crippen LogP contribution in [0.3, 0.4) is 0 Å². The zero-order valence-electron chi connectivity index (χ0n) is 17.1. The standard InChI is InChI=1S/C19H22N6O6S/c26-19-23-8-2-1-4-18(23)21-24(19)9-3-7-20-16-6-5-15(25(27)28)14-17(16)32(29,30)22-10-12-31-13-11-22/h1-2,4-6,8,14,20H,3,7,9-13H2. The van der Waals surface area contributed by atoms with Gasteiger partial charge in [0.2, 0.25) is 10.0 Å². The van der Waals surface area contributed by atoms with E-state index in [9.17, 15) is 23.3 Å². The van der Waals surface area contributed by atoms with Crippen LogP contribution in [0.5, 0.6) is 0 Å². The number of hydrogen-bond donors (Lipinski definition) is 1. The Kier molecular flexibility index (Phi) is 6.21.